The fraction of sp³-hybridized carbons (Fsp3) is 0.286. The summed E-state index contributed by atoms with van der Waals surface area (Å²) < 4.78 is 10.7. The smallest absolute Gasteiger partial charge is 0.309 e. The summed E-state index contributed by atoms with van der Waals surface area (Å²) in [5, 5.41) is 8.68. The molecule has 0 fully saturated rings. The van der Waals surface area contributed by atoms with Gasteiger partial charge in [-0.3, -0.25) is 4.79 Å². The molecule has 106 valence electrons. The maximum atomic E-state index is 10.6. The molecule has 0 bridgehead atoms. The number of carbonyl (C=O) groups is 1. The second kappa shape index (κ2) is 6.96. The van der Waals surface area contributed by atoms with Crippen LogP contribution in [0.4, 0.5) is 0 Å². The highest BCUT2D eigenvalue weighted by molar-refractivity contribution is 6.17. The van der Waals surface area contributed by atoms with E-state index in [2.05, 4.69) is 4.98 Å². The molecule has 1 aromatic carbocycles. The highest BCUT2D eigenvalue weighted by atomic mass is 35.5. The molecular formula is C14H14ClNO4. The quantitative estimate of drug-likeness (QED) is 0.628. The number of aliphatic carboxylic acids is 1. The van der Waals surface area contributed by atoms with Crippen molar-refractivity contribution in [3.63, 3.8) is 0 Å². The van der Waals surface area contributed by atoms with Gasteiger partial charge in [-0.1, -0.05) is 0 Å². The van der Waals surface area contributed by atoms with Crippen LogP contribution in [0.25, 0.3) is 11.5 Å². The van der Waals surface area contributed by atoms with Crippen molar-refractivity contribution in [1.29, 1.82) is 0 Å². The molecule has 0 saturated heterocycles. The van der Waals surface area contributed by atoms with E-state index in [9.17, 15) is 4.79 Å². The topological polar surface area (TPSA) is 72.6 Å². The maximum Gasteiger partial charge on any atom is 0.309 e. The zero-order valence-corrected chi connectivity index (χ0v) is 11.5. The molecule has 20 heavy (non-hydrogen) atoms. The molecule has 0 aliphatic heterocycles. The largest absolute Gasteiger partial charge is 0.494 e. The lowest BCUT2D eigenvalue weighted by Crippen LogP contribution is -1.99. The summed E-state index contributed by atoms with van der Waals surface area (Å²) in [5.41, 5.74) is 1.17. The standard InChI is InChI=1S/C14H14ClNO4/c15-6-1-7-19-12-4-2-10(3-5-12)14-16-11(9-20-14)8-13(17)18/h2-5,9H,1,6-8H2,(H,17,18). The van der Waals surface area contributed by atoms with Gasteiger partial charge in [0.1, 0.15) is 12.0 Å². The number of carboxylic acids is 1. The third kappa shape index (κ3) is 3.99. The molecule has 0 spiro atoms. The second-order valence-corrected chi connectivity index (χ2v) is 4.51. The van der Waals surface area contributed by atoms with Crippen molar-refractivity contribution >= 4 is 17.6 Å². The van der Waals surface area contributed by atoms with Crippen LogP contribution in [0, 0.1) is 0 Å². The lowest BCUT2D eigenvalue weighted by molar-refractivity contribution is -0.136. The molecule has 1 aromatic heterocycles. The highest BCUT2D eigenvalue weighted by Crippen LogP contribution is 2.22. The predicted molar refractivity (Wildman–Crippen MR) is 74.1 cm³/mol. The minimum Gasteiger partial charge on any atom is -0.494 e. The first-order valence-electron chi connectivity index (χ1n) is 6.14. The Morgan fingerprint density at radius 1 is 1.35 bits per heavy atom. The number of ether oxygens (including phenoxy) is 1. The summed E-state index contributed by atoms with van der Waals surface area (Å²) in [7, 11) is 0. The summed E-state index contributed by atoms with van der Waals surface area (Å²) in [6.45, 7) is 0.574. The minimum atomic E-state index is -0.937. The van der Waals surface area contributed by atoms with Crippen LogP contribution in [-0.2, 0) is 11.2 Å². The molecule has 0 aliphatic carbocycles. The van der Waals surface area contributed by atoms with Crippen LogP contribution in [0.1, 0.15) is 12.1 Å². The Bertz CT molecular complexity index is 565. The van der Waals surface area contributed by atoms with E-state index >= 15 is 0 Å². The molecule has 2 aromatic rings. The number of rotatable bonds is 7. The van der Waals surface area contributed by atoms with Crippen molar-refractivity contribution in [1.82, 2.24) is 4.98 Å². The molecule has 1 heterocycles. The Labute approximate surface area is 121 Å². The van der Waals surface area contributed by atoms with E-state index in [1.807, 2.05) is 24.3 Å². The van der Waals surface area contributed by atoms with E-state index in [-0.39, 0.29) is 6.42 Å². The van der Waals surface area contributed by atoms with Gasteiger partial charge in [-0.25, -0.2) is 4.98 Å². The van der Waals surface area contributed by atoms with Gasteiger partial charge in [-0.15, -0.1) is 11.6 Å². The molecule has 0 aliphatic rings. The molecule has 1 N–H and O–H groups in total. The molecule has 0 amide bonds. The first kappa shape index (κ1) is 14.4. The van der Waals surface area contributed by atoms with E-state index < -0.39 is 5.97 Å². The van der Waals surface area contributed by atoms with Crippen molar-refractivity contribution in [2.24, 2.45) is 0 Å². The number of hydrogen-bond acceptors (Lipinski definition) is 4. The van der Waals surface area contributed by atoms with Crippen LogP contribution in [0.15, 0.2) is 34.9 Å². The van der Waals surface area contributed by atoms with Crippen molar-refractivity contribution in [2.45, 2.75) is 12.8 Å². The van der Waals surface area contributed by atoms with E-state index in [0.29, 0.717) is 24.1 Å². The Hall–Kier alpha value is -2.01. The average molecular weight is 296 g/mol. The van der Waals surface area contributed by atoms with Gasteiger partial charge in [0.05, 0.1) is 18.7 Å². The highest BCUT2D eigenvalue weighted by Gasteiger charge is 2.09. The van der Waals surface area contributed by atoms with Gasteiger partial charge in [-0.05, 0) is 30.7 Å². The van der Waals surface area contributed by atoms with Crippen molar-refractivity contribution in [3.8, 4) is 17.2 Å². The van der Waals surface area contributed by atoms with Gasteiger partial charge in [-0.2, -0.15) is 0 Å². The zero-order valence-electron chi connectivity index (χ0n) is 10.7. The zero-order chi connectivity index (χ0) is 14.4. The molecule has 0 radical (unpaired) electrons. The van der Waals surface area contributed by atoms with Gasteiger partial charge < -0.3 is 14.3 Å². The van der Waals surface area contributed by atoms with E-state index in [1.54, 1.807) is 0 Å². The SMILES string of the molecule is O=C(O)Cc1coc(-c2ccc(OCCCCl)cc2)n1. The Morgan fingerprint density at radius 3 is 2.75 bits per heavy atom. The first-order chi connectivity index (χ1) is 9.69. The molecular weight excluding hydrogens is 282 g/mol. The number of carboxylic acid groups (broad SMARTS) is 1. The molecule has 0 atom stereocenters. The summed E-state index contributed by atoms with van der Waals surface area (Å²) >= 11 is 5.57. The van der Waals surface area contributed by atoms with E-state index in [0.717, 1.165) is 17.7 Å². The van der Waals surface area contributed by atoms with E-state index in [1.165, 1.54) is 6.26 Å². The first-order valence-corrected chi connectivity index (χ1v) is 6.68. The molecule has 2 rings (SSSR count). The third-order valence-corrected chi connectivity index (χ3v) is 2.80. The Kier molecular flexibility index (Phi) is 5.01. The molecule has 6 heteroatoms. The van der Waals surface area contributed by atoms with Crippen LogP contribution in [0.5, 0.6) is 5.75 Å². The normalized spacial score (nSPS) is 10.4. The van der Waals surface area contributed by atoms with Gasteiger partial charge in [0.15, 0.2) is 0 Å². The predicted octanol–water partition coefficient (Wildman–Crippen LogP) is 2.98. The van der Waals surface area contributed by atoms with Crippen molar-refractivity contribution < 1.29 is 19.1 Å². The third-order valence-electron chi connectivity index (χ3n) is 2.53. The van der Waals surface area contributed by atoms with Gasteiger partial charge in [0.2, 0.25) is 5.89 Å². The Morgan fingerprint density at radius 2 is 2.10 bits per heavy atom. The Balaban J connectivity index is 2.02. The van der Waals surface area contributed by atoms with Gasteiger partial charge in [0, 0.05) is 11.4 Å². The fourth-order valence-electron chi connectivity index (χ4n) is 1.61. The number of hydrogen-bond donors (Lipinski definition) is 1. The van der Waals surface area contributed by atoms with Crippen LogP contribution in [0.2, 0.25) is 0 Å². The summed E-state index contributed by atoms with van der Waals surface area (Å²) in [6.07, 6.45) is 2.00. The summed E-state index contributed by atoms with van der Waals surface area (Å²) in [5.74, 6) is 0.776. The van der Waals surface area contributed by atoms with Crippen LogP contribution in [0.3, 0.4) is 0 Å². The lowest BCUT2D eigenvalue weighted by Gasteiger charge is -2.04. The number of nitrogens with zero attached hydrogens (tertiary/aromatic N) is 1. The minimum absolute atomic E-state index is 0.150. The van der Waals surface area contributed by atoms with Gasteiger partial charge in [0.25, 0.3) is 0 Å². The number of benzene rings is 1. The van der Waals surface area contributed by atoms with Crippen LogP contribution < -0.4 is 4.74 Å². The van der Waals surface area contributed by atoms with Crippen molar-refractivity contribution in [3.05, 3.63) is 36.2 Å². The molecule has 0 unspecified atom stereocenters. The number of oxazole rings is 1. The molecule has 0 saturated carbocycles. The number of aromatic nitrogens is 1. The second-order valence-electron chi connectivity index (χ2n) is 4.13. The molecule has 5 nitrogen and oxygen atoms in total. The van der Waals surface area contributed by atoms with Crippen LogP contribution >= 0.6 is 11.6 Å². The number of halogens is 1. The lowest BCUT2D eigenvalue weighted by atomic mass is 10.2. The van der Waals surface area contributed by atoms with Crippen LogP contribution in [-0.4, -0.2) is 28.5 Å². The van der Waals surface area contributed by atoms with Gasteiger partial charge >= 0.3 is 5.97 Å². The monoisotopic (exact) mass is 295 g/mol. The summed E-state index contributed by atoms with van der Waals surface area (Å²) in [4.78, 5) is 14.7. The van der Waals surface area contributed by atoms with E-state index in [4.69, 9.17) is 25.9 Å². The average Bonchev–Trinajstić information content (AvgIpc) is 2.87. The fourth-order valence-corrected chi connectivity index (χ4v) is 1.72. The number of alkyl halides is 1. The summed E-state index contributed by atoms with van der Waals surface area (Å²) in [6, 6.07) is 7.24. The maximum absolute atomic E-state index is 10.6. The van der Waals surface area contributed by atoms with Crippen molar-refractivity contribution in [2.75, 3.05) is 12.5 Å².